The fourth-order valence-electron chi connectivity index (χ4n) is 4.36. The molecule has 0 aliphatic carbocycles. The number of pyridine rings is 1. The predicted molar refractivity (Wildman–Crippen MR) is 141 cm³/mol. The smallest absolute Gasteiger partial charge is 0.295 e. The molecule has 2 heterocycles. The molecule has 7 nitrogen and oxygen atoms in total. The maximum Gasteiger partial charge on any atom is 0.295 e. The summed E-state index contributed by atoms with van der Waals surface area (Å²) in [5.41, 5.74) is 2.80. The minimum Gasteiger partial charge on any atom is -0.507 e. The van der Waals surface area contributed by atoms with E-state index in [1.165, 1.54) is 4.90 Å². The van der Waals surface area contributed by atoms with Gasteiger partial charge in [-0.1, -0.05) is 32.0 Å². The number of likely N-dealkylation sites (tertiary alicyclic amines) is 1. The van der Waals surface area contributed by atoms with Gasteiger partial charge in [-0.3, -0.25) is 14.6 Å². The van der Waals surface area contributed by atoms with Gasteiger partial charge in [-0.2, -0.15) is 0 Å². The lowest BCUT2D eigenvalue weighted by atomic mass is 9.94. The van der Waals surface area contributed by atoms with Crippen LogP contribution >= 0.6 is 0 Å². The molecule has 0 spiro atoms. The van der Waals surface area contributed by atoms with Crippen LogP contribution in [0.4, 0.5) is 0 Å². The van der Waals surface area contributed by atoms with Gasteiger partial charge in [0.15, 0.2) is 0 Å². The van der Waals surface area contributed by atoms with Gasteiger partial charge < -0.3 is 19.5 Å². The third-order valence-electron chi connectivity index (χ3n) is 6.14. The first-order chi connectivity index (χ1) is 17.8. The molecule has 192 valence electrons. The van der Waals surface area contributed by atoms with Crippen molar-refractivity contribution in [2.75, 3.05) is 13.2 Å². The van der Waals surface area contributed by atoms with Crippen molar-refractivity contribution in [2.45, 2.75) is 40.3 Å². The number of ether oxygens (including phenoxy) is 2. The number of hydrogen-bond acceptors (Lipinski definition) is 6. The molecule has 1 fully saturated rings. The Morgan fingerprint density at radius 1 is 1.08 bits per heavy atom. The summed E-state index contributed by atoms with van der Waals surface area (Å²) >= 11 is 0. The molecule has 4 rings (SSSR count). The summed E-state index contributed by atoms with van der Waals surface area (Å²) in [6.45, 7) is 9.20. The van der Waals surface area contributed by atoms with Crippen LogP contribution in [0, 0.1) is 12.8 Å². The van der Waals surface area contributed by atoms with E-state index in [2.05, 4.69) is 18.8 Å². The Balaban J connectivity index is 1.78. The van der Waals surface area contributed by atoms with Crippen LogP contribution < -0.4 is 9.47 Å². The lowest BCUT2D eigenvalue weighted by Gasteiger charge is -2.25. The average molecular weight is 501 g/mol. The van der Waals surface area contributed by atoms with E-state index < -0.39 is 17.7 Å². The Labute approximate surface area is 217 Å². The van der Waals surface area contributed by atoms with E-state index in [0.29, 0.717) is 41.8 Å². The average Bonchev–Trinajstić information content (AvgIpc) is 3.13. The van der Waals surface area contributed by atoms with E-state index in [9.17, 15) is 14.7 Å². The van der Waals surface area contributed by atoms with Crippen LogP contribution in [0.1, 0.15) is 49.1 Å². The molecule has 0 radical (unpaired) electrons. The van der Waals surface area contributed by atoms with Gasteiger partial charge in [0.05, 0.1) is 24.8 Å². The zero-order valence-electron chi connectivity index (χ0n) is 21.6. The van der Waals surface area contributed by atoms with Gasteiger partial charge in [-0.05, 0) is 72.9 Å². The van der Waals surface area contributed by atoms with E-state index in [1.54, 1.807) is 48.8 Å². The third kappa shape index (κ3) is 5.66. The number of Topliss-reactive ketones (excluding diaryl/α,β-unsaturated/α-hetero) is 1. The topological polar surface area (TPSA) is 89.0 Å². The van der Waals surface area contributed by atoms with E-state index in [4.69, 9.17) is 9.47 Å². The number of hydrogen-bond donors (Lipinski definition) is 1. The first-order valence-corrected chi connectivity index (χ1v) is 12.4. The van der Waals surface area contributed by atoms with Crippen molar-refractivity contribution in [2.24, 2.45) is 5.92 Å². The van der Waals surface area contributed by atoms with Crippen LogP contribution in [-0.2, 0) is 16.1 Å². The number of nitrogens with zero attached hydrogens (tertiary/aromatic N) is 2. The molecule has 1 N–H and O–H groups in total. The van der Waals surface area contributed by atoms with Crippen molar-refractivity contribution in [3.8, 4) is 11.5 Å². The number of aliphatic hydroxyl groups is 1. The number of amides is 1. The van der Waals surface area contributed by atoms with Crippen LogP contribution in [-0.4, -0.2) is 39.9 Å². The van der Waals surface area contributed by atoms with Crippen molar-refractivity contribution in [1.29, 1.82) is 0 Å². The minimum absolute atomic E-state index is 0.0494. The highest BCUT2D eigenvalue weighted by atomic mass is 16.5. The molecule has 37 heavy (non-hydrogen) atoms. The highest BCUT2D eigenvalue weighted by Gasteiger charge is 2.46. The number of ketones is 1. The number of aryl methyl sites for hydroxylation is 1. The zero-order valence-corrected chi connectivity index (χ0v) is 21.6. The van der Waals surface area contributed by atoms with Crippen LogP contribution in [0.5, 0.6) is 11.5 Å². The van der Waals surface area contributed by atoms with Crippen LogP contribution in [0.25, 0.3) is 5.76 Å². The Kier molecular flexibility index (Phi) is 7.92. The monoisotopic (exact) mass is 500 g/mol. The quantitative estimate of drug-likeness (QED) is 0.239. The van der Waals surface area contributed by atoms with Crippen LogP contribution in [0.2, 0.25) is 0 Å². The predicted octanol–water partition coefficient (Wildman–Crippen LogP) is 5.45. The van der Waals surface area contributed by atoms with Gasteiger partial charge in [0.2, 0.25) is 0 Å². The van der Waals surface area contributed by atoms with E-state index in [1.807, 2.05) is 32.0 Å². The van der Waals surface area contributed by atoms with Crippen molar-refractivity contribution in [3.05, 3.63) is 94.8 Å². The normalized spacial score (nSPS) is 16.9. The van der Waals surface area contributed by atoms with Gasteiger partial charge in [0.25, 0.3) is 11.7 Å². The number of carbonyl (C=O) groups is 2. The Morgan fingerprint density at radius 2 is 1.84 bits per heavy atom. The summed E-state index contributed by atoms with van der Waals surface area (Å²) in [4.78, 5) is 32.2. The molecule has 0 unspecified atom stereocenters. The summed E-state index contributed by atoms with van der Waals surface area (Å²) in [6, 6.07) is 15.4. The van der Waals surface area contributed by atoms with Crippen LogP contribution in [0.3, 0.4) is 0 Å². The largest absolute Gasteiger partial charge is 0.507 e. The number of benzene rings is 2. The van der Waals surface area contributed by atoms with Gasteiger partial charge >= 0.3 is 0 Å². The van der Waals surface area contributed by atoms with Gasteiger partial charge in [-0.25, -0.2) is 0 Å². The van der Waals surface area contributed by atoms with E-state index in [0.717, 1.165) is 11.1 Å². The summed E-state index contributed by atoms with van der Waals surface area (Å²) in [5.74, 6) is 0.159. The molecular formula is C30H32N2O5. The summed E-state index contributed by atoms with van der Waals surface area (Å²) in [5, 5.41) is 11.4. The molecule has 1 saturated heterocycles. The summed E-state index contributed by atoms with van der Waals surface area (Å²) < 4.78 is 11.4. The van der Waals surface area contributed by atoms with Crippen molar-refractivity contribution < 1.29 is 24.2 Å². The molecule has 0 saturated carbocycles. The molecule has 0 bridgehead atoms. The molecule has 1 amide bonds. The molecular weight excluding hydrogens is 468 g/mol. The van der Waals surface area contributed by atoms with Gasteiger partial charge in [0.1, 0.15) is 17.3 Å². The second-order valence-corrected chi connectivity index (χ2v) is 9.48. The Hall–Kier alpha value is -4.13. The number of aromatic nitrogens is 1. The number of aliphatic hydroxyl groups excluding tert-OH is 1. The fourth-order valence-corrected chi connectivity index (χ4v) is 4.36. The summed E-state index contributed by atoms with van der Waals surface area (Å²) in [7, 11) is 0. The van der Waals surface area contributed by atoms with Crippen LogP contribution in [0.15, 0.2) is 72.6 Å². The van der Waals surface area contributed by atoms with Crippen molar-refractivity contribution in [3.63, 3.8) is 0 Å². The maximum atomic E-state index is 13.3. The number of rotatable bonds is 9. The second kappa shape index (κ2) is 11.3. The van der Waals surface area contributed by atoms with E-state index >= 15 is 0 Å². The highest BCUT2D eigenvalue weighted by Crippen LogP contribution is 2.41. The minimum atomic E-state index is -0.770. The van der Waals surface area contributed by atoms with Gasteiger partial charge in [0, 0.05) is 24.5 Å². The highest BCUT2D eigenvalue weighted by molar-refractivity contribution is 6.46. The molecule has 1 aromatic heterocycles. The second-order valence-electron chi connectivity index (χ2n) is 9.48. The first-order valence-electron chi connectivity index (χ1n) is 12.4. The molecule has 2 aromatic carbocycles. The lowest BCUT2D eigenvalue weighted by Crippen LogP contribution is -2.29. The molecule has 1 aliphatic rings. The van der Waals surface area contributed by atoms with Crippen molar-refractivity contribution in [1.82, 2.24) is 9.88 Å². The molecule has 3 aromatic rings. The zero-order chi connectivity index (χ0) is 26.5. The lowest BCUT2D eigenvalue weighted by molar-refractivity contribution is -0.140. The SMILES string of the molecule is CCOc1ccc([C@H]2C(=C(O)c3ccc(OCC(C)C)c(C)c3)C(=O)C(=O)N2Cc2cccnc2)cc1. The standard InChI is InChI=1S/C30H32N2O5/c1-5-36-24-11-8-22(9-12-24)27-26(29(34)30(35)32(27)17-21-7-6-14-31-16-21)28(33)23-10-13-25(20(4)15-23)37-18-19(2)3/h6-16,19,27,33H,5,17-18H2,1-4H3/t27-/m0/s1. The molecule has 7 heteroatoms. The van der Waals surface area contributed by atoms with Crippen molar-refractivity contribution >= 4 is 17.4 Å². The maximum absolute atomic E-state index is 13.3. The number of carbonyl (C=O) groups excluding carboxylic acids is 2. The van der Waals surface area contributed by atoms with Gasteiger partial charge in [-0.15, -0.1) is 0 Å². The van der Waals surface area contributed by atoms with E-state index in [-0.39, 0.29) is 17.9 Å². The fraction of sp³-hybridized carbons (Fsp3) is 0.300. The first kappa shape index (κ1) is 25.9. The third-order valence-corrected chi connectivity index (χ3v) is 6.14. The summed E-state index contributed by atoms with van der Waals surface area (Å²) in [6.07, 6.45) is 3.31. The Bertz CT molecular complexity index is 1300. The molecule has 1 atom stereocenters. The molecule has 1 aliphatic heterocycles. The Morgan fingerprint density at radius 3 is 2.46 bits per heavy atom.